The standard InChI is InChI=1S/C23H34F2O2/c1-3-19-9-11-21(15-19)7-5-13-26-17-23(24,25)18-27-14-6-8-22-12-10-20(4-2)16-22/h3-8,19-22H,1-2,9-18H2/b7-5-,8-6-. The molecule has 4 unspecified atom stereocenters. The van der Waals surface area contributed by atoms with E-state index in [4.69, 9.17) is 9.47 Å². The first-order chi connectivity index (χ1) is 13.0. The summed E-state index contributed by atoms with van der Waals surface area (Å²) in [5, 5.41) is 0. The topological polar surface area (TPSA) is 18.5 Å². The maximum atomic E-state index is 13.8. The molecular weight excluding hydrogens is 346 g/mol. The van der Waals surface area contributed by atoms with Gasteiger partial charge in [0.2, 0.25) is 0 Å². The van der Waals surface area contributed by atoms with E-state index in [1.54, 1.807) is 0 Å². The van der Waals surface area contributed by atoms with Crippen LogP contribution in [0.25, 0.3) is 0 Å². The van der Waals surface area contributed by atoms with Crippen molar-refractivity contribution in [2.24, 2.45) is 23.7 Å². The Morgan fingerprint density at radius 2 is 1.15 bits per heavy atom. The van der Waals surface area contributed by atoms with Crippen LogP contribution in [0.4, 0.5) is 8.78 Å². The molecule has 0 aliphatic heterocycles. The molecule has 0 radical (unpaired) electrons. The summed E-state index contributed by atoms with van der Waals surface area (Å²) in [4.78, 5) is 0. The molecule has 0 aromatic heterocycles. The van der Waals surface area contributed by atoms with Crippen LogP contribution < -0.4 is 0 Å². The number of halogens is 2. The van der Waals surface area contributed by atoms with Crippen LogP contribution in [0.1, 0.15) is 38.5 Å². The Bertz CT molecular complexity index is 469. The Morgan fingerprint density at radius 1 is 0.741 bits per heavy atom. The molecule has 2 aliphatic carbocycles. The van der Waals surface area contributed by atoms with E-state index in [2.05, 4.69) is 25.3 Å². The number of hydrogen-bond donors (Lipinski definition) is 0. The van der Waals surface area contributed by atoms with Gasteiger partial charge in [0, 0.05) is 0 Å². The van der Waals surface area contributed by atoms with Gasteiger partial charge >= 0.3 is 0 Å². The molecule has 0 N–H and O–H groups in total. The Morgan fingerprint density at radius 3 is 1.52 bits per heavy atom. The van der Waals surface area contributed by atoms with Gasteiger partial charge in [0.15, 0.2) is 0 Å². The van der Waals surface area contributed by atoms with Gasteiger partial charge in [-0.1, -0.05) is 36.5 Å². The van der Waals surface area contributed by atoms with Crippen molar-refractivity contribution in [1.82, 2.24) is 0 Å². The summed E-state index contributed by atoms with van der Waals surface area (Å²) >= 11 is 0. The third-order valence-corrected chi connectivity index (χ3v) is 5.57. The Hall–Kier alpha value is -1.26. The number of allylic oxidation sites excluding steroid dienone is 4. The predicted octanol–water partition coefficient (Wildman–Crippen LogP) is 5.97. The molecule has 4 atom stereocenters. The lowest BCUT2D eigenvalue weighted by atomic mass is 10.0. The largest absolute Gasteiger partial charge is 0.371 e. The molecule has 0 amide bonds. The number of rotatable bonds is 12. The summed E-state index contributed by atoms with van der Waals surface area (Å²) in [6.45, 7) is 6.87. The van der Waals surface area contributed by atoms with Crippen molar-refractivity contribution in [2.45, 2.75) is 44.4 Å². The van der Waals surface area contributed by atoms with Crippen LogP contribution in [0, 0.1) is 23.7 Å². The summed E-state index contributed by atoms with van der Waals surface area (Å²) in [5.41, 5.74) is 0. The van der Waals surface area contributed by atoms with Crippen LogP contribution in [-0.4, -0.2) is 32.4 Å². The first-order valence-electron chi connectivity index (χ1n) is 10.1. The molecule has 0 saturated heterocycles. The number of ether oxygens (including phenoxy) is 2. The summed E-state index contributed by atoms with van der Waals surface area (Å²) < 4.78 is 37.7. The van der Waals surface area contributed by atoms with E-state index in [1.165, 1.54) is 12.8 Å². The smallest absolute Gasteiger partial charge is 0.293 e. The van der Waals surface area contributed by atoms with Crippen molar-refractivity contribution in [3.63, 3.8) is 0 Å². The van der Waals surface area contributed by atoms with Gasteiger partial charge in [-0.3, -0.25) is 0 Å². The third kappa shape index (κ3) is 8.52. The maximum absolute atomic E-state index is 13.8. The summed E-state index contributed by atoms with van der Waals surface area (Å²) in [7, 11) is 0. The van der Waals surface area contributed by atoms with Crippen molar-refractivity contribution in [3.8, 4) is 0 Å². The predicted molar refractivity (Wildman–Crippen MR) is 107 cm³/mol. The zero-order valence-corrected chi connectivity index (χ0v) is 16.3. The molecule has 0 aromatic carbocycles. The molecule has 0 bridgehead atoms. The van der Waals surface area contributed by atoms with Gasteiger partial charge in [-0.05, 0) is 62.2 Å². The molecular formula is C23H34F2O2. The minimum Gasteiger partial charge on any atom is -0.371 e. The highest BCUT2D eigenvalue weighted by Crippen LogP contribution is 2.33. The minimum atomic E-state index is -2.95. The van der Waals surface area contributed by atoms with E-state index >= 15 is 0 Å². The monoisotopic (exact) mass is 380 g/mol. The zero-order chi connectivity index (χ0) is 19.5. The molecule has 2 aliphatic rings. The van der Waals surface area contributed by atoms with E-state index in [9.17, 15) is 8.78 Å². The lowest BCUT2D eigenvalue weighted by Crippen LogP contribution is -2.30. The Balaban J connectivity index is 1.52. The Kier molecular flexibility index (Phi) is 9.43. The van der Waals surface area contributed by atoms with Gasteiger partial charge in [-0.25, -0.2) is 8.78 Å². The Labute approximate surface area is 163 Å². The van der Waals surface area contributed by atoms with Crippen LogP contribution in [-0.2, 0) is 9.47 Å². The first kappa shape index (κ1) is 22.0. The normalized spacial score (nSPS) is 29.1. The van der Waals surface area contributed by atoms with Crippen molar-refractivity contribution >= 4 is 0 Å². The highest BCUT2D eigenvalue weighted by Gasteiger charge is 2.29. The van der Waals surface area contributed by atoms with E-state index in [1.807, 2.05) is 24.3 Å². The number of alkyl halides is 2. The average Bonchev–Trinajstić information content (AvgIpc) is 3.30. The van der Waals surface area contributed by atoms with Crippen molar-refractivity contribution < 1.29 is 18.3 Å². The van der Waals surface area contributed by atoms with Gasteiger partial charge in [-0.15, -0.1) is 13.2 Å². The van der Waals surface area contributed by atoms with Crippen LogP contribution in [0.2, 0.25) is 0 Å². The molecule has 0 aromatic rings. The minimum absolute atomic E-state index is 0.219. The fourth-order valence-corrected chi connectivity index (χ4v) is 3.97. The molecule has 2 saturated carbocycles. The van der Waals surface area contributed by atoms with E-state index in [-0.39, 0.29) is 13.2 Å². The summed E-state index contributed by atoms with van der Waals surface area (Å²) in [5.74, 6) is -0.728. The first-order valence-corrected chi connectivity index (χ1v) is 10.1. The number of hydrogen-bond acceptors (Lipinski definition) is 2. The van der Waals surface area contributed by atoms with Crippen LogP contribution in [0.15, 0.2) is 49.6 Å². The zero-order valence-electron chi connectivity index (χ0n) is 16.3. The highest BCUT2D eigenvalue weighted by molar-refractivity contribution is 4.98. The molecule has 4 heteroatoms. The van der Waals surface area contributed by atoms with Crippen molar-refractivity contribution in [2.75, 3.05) is 26.4 Å². The van der Waals surface area contributed by atoms with E-state index in [0.717, 1.165) is 25.7 Å². The summed E-state index contributed by atoms with van der Waals surface area (Å²) in [6, 6.07) is 0. The molecule has 2 fully saturated rings. The second-order valence-corrected chi connectivity index (χ2v) is 7.88. The molecule has 27 heavy (non-hydrogen) atoms. The second-order valence-electron chi connectivity index (χ2n) is 7.88. The van der Waals surface area contributed by atoms with Gasteiger partial charge in [-0.2, -0.15) is 0 Å². The quantitative estimate of drug-likeness (QED) is 0.307. The van der Waals surface area contributed by atoms with Gasteiger partial charge in [0.1, 0.15) is 13.2 Å². The van der Waals surface area contributed by atoms with Gasteiger partial charge in [0.25, 0.3) is 5.92 Å². The van der Waals surface area contributed by atoms with E-state index < -0.39 is 19.1 Å². The summed E-state index contributed by atoms with van der Waals surface area (Å²) in [6.07, 6.45) is 18.7. The van der Waals surface area contributed by atoms with Gasteiger partial charge < -0.3 is 9.47 Å². The second kappa shape index (κ2) is 11.6. The molecule has 0 spiro atoms. The lowest BCUT2D eigenvalue weighted by Gasteiger charge is -2.15. The van der Waals surface area contributed by atoms with Crippen molar-refractivity contribution in [1.29, 1.82) is 0 Å². The van der Waals surface area contributed by atoms with Crippen LogP contribution in [0.3, 0.4) is 0 Å². The fourth-order valence-electron chi connectivity index (χ4n) is 3.97. The molecule has 2 nitrogen and oxygen atoms in total. The molecule has 2 rings (SSSR count). The molecule has 0 heterocycles. The lowest BCUT2D eigenvalue weighted by molar-refractivity contribution is -0.116. The fraction of sp³-hybridized carbons (Fsp3) is 0.652. The SMILES string of the molecule is C=CC1CCC(/C=C\COCC(F)(F)COC/C=C\C2CCC(C=C)C2)C1. The van der Waals surface area contributed by atoms with Gasteiger partial charge in [0.05, 0.1) is 13.2 Å². The van der Waals surface area contributed by atoms with Crippen molar-refractivity contribution in [3.05, 3.63) is 49.6 Å². The maximum Gasteiger partial charge on any atom is 0.293 e. The average molecular weight is 381 g/mol. The van der Waals surface area contributed by atoms with E-state index in [0.29, 0.717) is 23.7 Å². The van der Waals surface area contributed by atoms with Crippen LogP contribution in [0.5, 0.6) is 0 Å². The third-order valence-electron chi connectivity index (χ3n) is 5.57. The van der Waals surface area contributed by atoms with Crippen LogP contribution >= 0.6 is 0 Å². The highest BCUT2D eigenvalue weighted by atomic mass is 19.3. The molecule has 152 valence electrons.